The molecule has 10 heavy (non-hydrogen) atoms. The van der Waals surface area contributed by atoms with E-state index in [9.17, 15) is 22.0 Å². The molecule has 1 aliphatic rings. The van der Waals surface area contributed by atoms with Crippen LogP contribution >= 0.6 is 0 Å². The molecule has 0 N–H and O–H groups in total. The second-order valence-corrected chi connectivity index (χ2v) is 3.25. The first kappa shape index (κ1) is 7.39. The minimum Gasteiger partial charge on any atom is -0.340 e. The zero-order valence-corrected chi connectivity index (χ0v) is 5.27. The monoisotopic (exact) mass is 172 g/mol. The van der Waals surface area contributed by atoms with Crippen LogP contribution < -0.4 is 0 Å². The summed E-state index contributed by atoms with van der Waals surface area (Å²) in [6.45, 7) is 0. The van der Waals surface area contributed by atoms with Crippen molar-refractivity contribution < 1.29 is 26.2 Å². The van der Waals surface area contributed by atoms with Crippen molar-refractivity contribution in [1.29, 1.82) is 0 Å². The molecule has 0 amide bonds. The lowest BCUT2D eigenvalue weighted by molar-refractivity contribution is -0.137. The fourth-order valence-corrected chi connectivity index (χ4v) is 1.28. The van der Waals surface area contributed by atoms with E-state index < -0.39 is 27.8 Å². The van der Waals surface area contributed by atoms with Crippen LogP contribution in [0, 0.1) is 0 Å². The minimum absolute atomic E-state index is 1.69. The summed E-state index contributed by atoms with van der Waals surface area (Å²) in [6.07, 6.45) is -2.69. The van der Waals surface area contributed by atoms with Gasteiger partial charge in [-0.05, 0) is 0 Å². The number of rotatable bonds is 0. The highest BCUT2D eigenvalue weighted by atomic mass is 32.2. The van der Waals surface area contributed by atoms with Crippen LogP contribution in [0.4, 0.5) is 8.78 Å². The molecule has 0 aromatic rings. The van der Waals surface area contributed by atoms with Crippen LogP contribution in [-0.4, -0.2) is 26.1 Å². The maximum Gasteiger partial charge on any atom is 0.360 e. The van der Waals surface area contributed by atoms with Crippen molar-refractivity contribution in [2.75, 3.05) is 0 Å². The Bertz CT molecular complexity index is 258. The number of halogens is 2. The number of hydrogen-bond donors (Lipinski definition) is 0. The fourth-order valence-electron chi connectivity index (χ4n) is 0.460. The zero-order chi connectivity index (χ0) is 7.94. The van der Waals surface area contributed by atoms with Crippen LogP contribution in [0.15, 0.2) is 0 Å². The van der Waals surface area contributed by atoms with Gasteiger partial charge in [-0.3, -0.25) is 0 Å². The van der Waals surface area contributed by atoms with Crippen LogP contribution in [0.25, 0.3) is 0 Å². The lowest BCUT2D eigenvalue weighted by Crippen LogP contribution is -2.19. The molecule has 0 bridgehead atoms. The lowest BCUT2D eigenvalue weighted by atomic mass is 10.4. The summed E-state index contributed by atoms with van der Waals surface area (Å²) in [5.74, 6) is -1.69. The molecule has 7 heteroatoms. The van der Waals surface area contributed by atoms with Crippen molar-refractivity contribution in [3.63, 3.8) is 0 Å². The molecular formula is C3H2F2O4S. The first-order valence-corrected chi connectivity index (χ1v) is 3.67. The van der Waals surface area contributed by atoms with Crippen molar-refractivity contribution in [3.8, 4) is 0 Å². The van der Waals surface area contributed by atoms with Gasteiger partial charge in [0.05, 0.1) is 0 Å². The Balaban J connectivity index is 3.04. The Labute approximate surface area is 54.9 Å². The van der Waals surface area contributed by atoms with E-state index >= 15 is 0 Å². The Morgan fingerprint density at radius 3 is 2.00 bits per heavy atom. The van der Waals surface area contributed by atoms with Crippen molar-refractivity contribution in [3.05, 3.63) is 0 Å². The van der Waals surface area contributed by atoms with Gasteiger partial charge in [0.2, 0.25) is 6.17 Å². The topological polar surface area (TPSA) is 60.4 Å². The van der Waals surface area contributed by atoms with E-state index in [-0.39, 0.29) is 0 Å². The normalized spacial score (nSPS) is 37.6. The molecule has 0 aliphatic carbocycles. The minimum atomic E-state index is -4.61. The number of alkyl halides is 2. The van der Waals surface area contributed by atoms with Crippen molar-refractivity contribution in [2.45, 2.75) is 11.7 Å². The number of carbonyl (C=O) groups excluding carboxylic acids is 1. The molecule has 1 rings (SSSR count). The Hall–Kier alpha value is -0.720. The Morgan fingerprint density at radius 1 is 1.40 bits per heavy atom. The molecular weight excluding hydrogens is 170 g/mol. The first-order chi connectivity index (χ1) is 4.45. The number of carbonyl (C=O) groups is 1. The second-order valence-electron chi connectivity index (χ2n) is 1.65. The molecule has 0 aromatic carbocycles. The van der Waals surface area contributed by atoms with Gasteiger partial charge in [0.1, 0.15) is 0 Å². The fraction of sp³-hybridized carbons (Fsp3) is 0.667. The molecule has 0 aromatic heterocycles. The summed E-state index contributed by atoms with van der Waals surface area (Å²) < 4.78 is 47.6. The van der Waals surface area contributed by atoms with E-state index in [1.807, 2.05) is 0 Å². The van der Waals surface area contributed by atoms with Crippen molar-refractivity contribution >= 4 is 16.1 Å². The summed E-state index contributed by atoms with van der Waals surface area (Å²) in [5.41, 5.74) is -2.86. The van der Waals surface area contributed by atoms with Crippen LogP contribution in [0.2, 0.25) is 0 Å². The summed E-state index contributed by atoms with van der Waals surface area (Å²) in [4.78, 5) is 9.98. The predicted octanol–water partition coefficient (Wildman–Crippen LogP) is -0.493. The Morgan fingerprint density at radius 2 is 1.90 bits per heavy atom. The summed E-state index contributed by atoms with van der Waals surface area (Å²) >= 11 is 0. The van der Waals surface area contributed by atoms with Crippen LogP contribution in [0.3, 0.4) is 0 Å². The van der Waals surface area contributed by atoms with Gasteiger partial charge in [0, 0.05) is 0 Å². The third-order valence-electron chi connectivity index (χ3n) is 0.929. The van der Waals surface area contributed by atoms with E-state index in [1.54, 1.807) is 0 Å². The van der Waals surface area contributed by atoms with Crippen molar-refractivity contribution in [2.24, 2.45) is 0 Å². The second kappa shape index (κ2) is 1.88. The number of hydrogen-bond acceptors (Lipinski definition) is 4. The first-order valence-electron chi connectivity index (χ1n) is 2.20. The van der Waals surface area contributed by atoms with E-state index in [0.29, 0.717) is 0 Å². The quantitative estimate of drug-likeness (QED) is 0.462. The largest absolute Gasteiger partial charge is 0.360 e. The summed E-state index contributed by atoms with van der Waals surface area (Å²) in [7, 11) is -4.61. The van der Waals surface area contributed by atoms with Crippen LogP contribution in [0.1, 0.15) is 0 Å². The highest BCUT2D eigenvalue weighted by molar-refractivity contribution is 7.88. The zero-order valence-electron chi connectivity index (χ0n) is 4.45. The molecule has 1 saturated heterocycles. The summed E-state index contributed by atoms with van der Waals surface area (Å²) in [6, 6.07) is 0. The molecule has 1 aliphatic heterocycles. The van der Waals surface area contributed by atoms with Crippen LogP contribution in [-0.2, 0) is 19.1 Å². The van der Waals surface area contributed by atoms with Gasteiger partial charge in [0.25, 0.3) is 5.50 Å². The molecule has 0 saturated carbocycles. The third-order valence-corrected chi connectivity index (χ3v) is 2.12. The Kier molecular flexibility index (Phi) is 1.39. The van der Waals surface area contributed by atoms with Gasteiger partial charge in [0.15, 0.2) is 0 Å². The van der Waals surface area contributed by atoms with Gasteiger partial charge in [-0.2, -0.15) is 8.42 Å². The van der Waals surface area contributed by atoms with Gasteiger partial charge < -0.3 is 4.18 Å². The van der Waals surface area contributed by atoms with Gasteiger partial charge >= 0.3 is 16.1 Å². The average molecular weight is 172 g/mol. The molecule has 2 atom stereocenters. The molecule has 0 spiro atoms. The highest BCUT2D eigenvalue weighted by Crippen LogP contribution is 2.22. The molecule has 1 heterocycles. The van der Waals surface area contributed by atoms with Crippen LogP contribution in [0.5, 0.6) is 0 Å². The summed E-state index contributed by atoms with van der Waals surface area (Å²) in [5, 5.41) is 0. The van der Waals surface area contributed by atoms with Gasteiger partial charge in [-0.15, -0.1) is 0 Å². The van der Waals surface area contributed by atoms with E-state index in [1.165, 1.54) is 0 Å². The molecule has 2 unspecified atom stereocenters. The standard InChI is InChI=1S/C3H2F2O4S/c4-1-2(5)10(7,8)9-3(1)6/h1-2H. The van der Waals surface area contributed by atoms with E-state index in [0.717, 1.165) is 0 Å². The predicted molar refractivity (Wildman–Crippen MR) is 24.8 cm³/mol. The lowest BCUT2D eigenvalue weighted by Gasteiger charge is -1.91. The SMILES string of the molecule is O=C1OS(=O)(=O)C(F)C1F. The molecule has 0 radical (unpaired) electrons. The van der Waals surface area contributed by atoms with E-state index in [4.69, 9.17) is 0 Å². The average Bonchev–Trinajstić information content (AvgIpc) is 1.95. The molecule has 58 valence electrons. The van der Waals surface area contributed by atoms with Crippen molar-refractivity contribution in [1.82, 2.24) is 0 Å². The third kappa shape index (κ3) is 0.859. The maximum absolute atomic E-state index is 12.0. The van der Waals surface area contributed by atoms with E-state index in [2.05, 4.69) is 4.18 Å². The smallest absolute Gasteiger partial charge is 0.340 e. The molecule has 4 nitrogen and oxygen atoms in total. The van der Waals surface area contributed by atoms with Gasteiger partial charge in [-0.1, -0.05) is 0 Å². The van der Waals surface area contributed by atoms with Gasteiger partial charge in [-0.25, -0.2) is 13.6 Å². The molecule has 1 fully saturated rings. The maximum atomic E-state index is 12.0. The highest BCUT2D eigenvalue weighted by Gasteiger charge is 2.50.